The smallest absolute Gasteiger partial charge is 0.229 e. The number of nitrogens with one attached hydrogen (secondary N) is 2. The first-order valence-corrected chi connectivity index (χ1v) is 12.5. The van der Waals surface area contributed by atoms with E-state index in [1.54, 1.807) is 0 Å². The third-order valence-corrected chi connectivity index (χ3v) is 5.86. The van der Waals surface area contributed by atoms with E-state index in [0.717, 1.165) is 31.4 Å². The van der Waals surface area contributed by atoms with Crippen LogP contribution in [-0.4, -0.2) is 23.4 Å². The van der Waals surface area contributed by atoms with Gasteiger partial charge in [0.1, 0.15) is 5.84 Å². The Kier molecular flexibility index (Phi) is 21.1. The van der Waals surface area contributed by atoms with E-state index in [0.29, 0.717) is 25.1 Å². The van der Waals surface area contributed by atoms with E-state index in [2.05, 4.69) is 15.2 Å². The predicted octanol–water partition coefficient (Wildman–Crippen LogP) is 3.60. The quantitative estimate of drug-likeness (QED) is 0.0456. The van der Waals surface area contributed by atoms with Crippen LogP contribution in [0.4, 0.5) is 0 Å². The number of carbonyl (C=O) groups is 2. The minimum atomic E-state index is -0.289. The zero-order chi connectivity index (χ0) is 22.3. The average molecular weight is 445 g/mol. The third-order valence-electron chi connectivity index (χ3n) is 5.00. The summed E-state index contributed by atoms with van der Waals surface area (Å²) in [5.74, 6) is 11.7. The first-order chi connectivity index (χ1) is 14.6. The molecule has 0 aliphatic carbocycles. The molecule has 0 rings (SSSR count). The van der Waals surface area contributed by atoms with Crippen molar-refractivity contribution in [2.45, 2.75) is 109 Å². The van der Waals surface area contributed by atoms with Crippen molar-refractivity contribution in [2.24, 2.45) is 22.5 Å². The lowest BCUT2D eigenvalue weighted by molar-refractivity contribution is -0.119. The molecule has 8 nitrogen and oxygen atoms in total. The maximum atomic E-state index is 11.7. The Morgan fingerprint density at radius 1 is 0.700 bits per heavy atom. The molecule has 0 unspecified atom stereocenters. The molecule has 30 heavy (non-hydrogen) atoms. The zero-order valence-corrected chi connectivity index (χ0v) is 19.4. The summed E-state index contributed by atoms with van der Waals surface area (Å²) in [4.78, 5) is 22.3. The van der Waals surface area contributed by atoms with Gasteiger partial charge >= 0.3 is 0 Å². The molecule has 2 amide bonds. The summed E-state index contributed by atoms with van der Waals surface area (Å²) in [6.45, 7) is 0. The second-order valence-corrected chi connectivity index (χ2v) is 8.66. The van der Waals surface area contributed by atoms with Gasteiger partial charge in [-0.15, -0.1) is 0 Å². The number of unbranched alkanes of at least 4 members (excludes halogenated alkanes) is 12. The standard InChI is InChI=1S/C21H44N6O2S/c22-19(28)15-14-18-30-27-21(29)17-13-11-9-7-5-3-1-2-4-6-8-10-12-16-20(25-23)26-24/h1-18,23-24H2,(H2,22,28)(H,25,26)(H,27,29). The highest BCUT2D eigenvalue weighted by molar-refractivity contribution is 7.97. The van der Waals surface area contributed by atoms with Crippen LogP contribution in [0.15, 0.2) is 5.10 Å². The Balaban J connectivity index is 3.20. The van der Waals surface area contributed by atoms with E-state index in [1.165, 1.54) is 76.2 Å². The van der Waals surface area contributed by atoms with Crippen molar-refractivity contribution in [3.05, 3.63) is 0 Å². The SMILES string of the molecule is N/N=C(/CCCCCCCCCCCCCCCC(=O)NSCCCC(N)=O)NN. The maximum absolute atomic E-state index is 11.7. The van der Waals surface area contributed by atoms with E-state index >= 15 is 0 Å². The van der Waals surface area contributed by atoms with Gasteiger partial charge in [-0.2, -0.15) is 5.10 Å². The predicted molar refractivity (Wildman–Crippen MR) is 127 cm³/mol. The minimum Gasteiger partial charge on any atom is -0.370 e. The highest BCUT2D eigenvalue weighted by Crippen LogP contribution is 2.13. The molecular weight excluding hydrogens is 400 g/mol. The topological polar surface area (TPSA) is 149 Å². The van der Waals surface area contributed by atoms with Crippen molar-refractivity contribution in [2.75, 3.05) is 5.75 Å². The number of hydrazone groups is 1. The number of nitrogens with zero attached hydrogens (tertiary/aromatic N) is 1. The van der Waals surface area contributed by atoms with Crippen molar-refractivity contribution < 1.29 is 9.59 Å². The van der Waals surface area contributed by atoms with Gasteiger partial charge in [0.15, 0.2) is 0 Å². The number of hydrogen-bond acceptors (Lipinski definition) is 6. The van der Waals surface area contributed by atoms with Crippen LogP contribution in [0.2, 0.25) is 0 Å². The maximum Gasteiger partial charge on any atom is 0.229 e. The Morgan fingerprint density at radius 3 is 1.60 bits per heavy atom. The van der Waals surface area contributed by atoms with Crippen molar-refractivity contribution in [1.29, 1.82) is 0 Å². The van der Waals surface area contributed by atoms with E-state index < -0.39 is 0 Å². The molecule has 8 N–H and O–H groups in total. The first kappa shape index (κ1) is 28.5. The molecule has 0 heterocycles. The van der Waals surface area contributed by atoms with E-state index in [-0.39, 0.29) is 11.8 Å². The van der Waals surface area contributed by atoms with Crippen molar-refractivity contribution in [3.8, 4) is 0 Å². The van der Waals surface area contributed by atoms with Crippen molar-refractivity contribution in [3.63, 3.8) is 0 Å². The fourth-order valence-corrected chi connectivity index (χ4v) is 3.85. The van der Waals surface area contributed by atoms with Gasteiger partial charge in [0.25, 0.3) is 0 Å². The van der Waals surface area contributed by atoms with Gasteiger partial charge in [0.05, 0.1) is 0 Å². The monoisotopic (exact) mass is 444 g/mol. The molecule has 0 bridgehead atoms. The van der Waals surface area contributed by atoms with E-state index in [4.69, 9.17) is 17.4 Å². The zero-order valence-electron chi connectivity index (χ0n) is 18.6. The van der Waals surface area contributed by atoms with Crippen molar-refractivity contribution >= 4 is 29.6 Å². The molecule has 176 valence electrons. The summed E-state index contributed by atoms with van der Waals surface area (Å²) >= 11 is 1.37. The summed E-state index contributed by atoms with van der Waals surface area (Å²) in [7, 11) is 0. The lowest BCUT2D eigenvalue weighted by Gasteiger charge is -2.05. The number of carbonyl (C=O) groups excluding carboxylic acids is 2. The second-order valence-electron chi connectivity index (χ2n) is 7.76. The molecule has 0 aromatic heterocycles. The first-order valence-electron chi connectivity index (χ1n) is 11.5. The van der Waals surface area contributed by atoms with E-state index in [9.17, 15) is 9.59 Å². The highest BCUT2D eigenvalue weighted by Gasteiger charge is 2.02. The average Bonchev–Trinajstić information content (AvgIpc) is 2.73. The third kappa shape index (κ3) is 21.2. The van der Waals surface area contributed by atoms with Crippen LogP contribution in [0.3, 0.4) is 0 Å². The molecule has 0 saturated heterocycles. The summed E-state index contributed by atoms with van der Waals surface area (Å²) in [6.07, 6.45) is 18.5. The number of hydrazine groups is 1. The summed E-state index contributed by atoms with van der Waals surface area (Å²) < 4.78 is 2.82. The second kappa shape index (κ2) is 22.2. The van der Waals surface area contributed by atoms with Crippen LogP contribution in [0.5, 0.6) is 0 Å². The molecule has 0 atom stereocenters. The lowest BCUT2D eigenvalue weighted by atomic mass is 10.0. The number of amidine groups is 1. The summed E-state index contributed by atoms with van der Waals surface area (Å²) in [5, 5.41) is 3.58. The molecule has 0 spiro atoms. The van der Waals surface area contributed by atoms with Gasteiger partial charge in [0, 0.05) is 25.0 Å². The van der Waals surface area contributed by atoms with Crippen LogP contribution in [0.1, 0.15) is 109 Å². The van der Waals surface area contributed by atoms with Crippen LogP contribution >= 0.6 is 11.9 Å². The molecule has 9 heteroatoms. The van der Waals surface area contributed by atoms with Gasteiger partial charge in [-0.05, 0) is 19.3 Å². The minimum absolute atomic E-state index is 0.0862. The van der Waals surface area contributed by atoms with Gasteiger partial charge in [-0.25, -0.2) is 5.84 Å². The van der Waals surface area contributed by atoms with Gasteiger partial charge in [0.2, 0.25) is 11.8 Å². The Bertz CT molecular complexity index is 463. The number of amides is 2. The number of hydrogen-bond donors (Lipinski definition) is 5. The van der Waals surface area contributed by atoms with Gasteiger partial charge in [-0.1, -0.05) is 82.6 Å². The molecule has 0 aliphatic rings. The highest BCUT2D eigenvalue weighted by atomic mass is 32.2. The molecule has 0 aromatic rings. The fourth-order valence-electron chi connectivity index (χ4n) is 3.20. The molecule has 0 radical (unpaired) electrons. The van der Waals surface area contributed by atoms with Crippen LogP contribution < -0.4 is 27.6 Å². The van der Waals surface area contributed by atoms with Crippen molar-refractivity contribution in [1.82, 2.24) is 10.1 Å². The van der Waals surface area contributed by atoms with Gasteiger partial charge in [-0.3, -0.25) is 9.59 Å². The normalized spacial score (nSPS) is 11.4. The molecule has 0 saturated carbocycles. The molecule has 0 aromatic carbocycles. The van der Waals surface area contributed by atoms with Crippen LogP contribution in [0, 0.1) is 0 Å². The van der Waals surface area contributed by atoms with Crippen LogP contribution in [-0.2, 0) is 9.59 Å². The number of nitrogens with two attached hydrogens (primary N) is 3. The van der Waals surface area contributed by atoms with Gasteiger partial charge < -0.3 is 21.7 Å². The summed E-state index contributed by atoms with van der Waals surface area (Å²) in [5.41, 5.74) is 7.58. The molecule has 0 fully saturated rings. The molecular formula is C21H44N6O2S. The lowest BCUT2D eigenvalue weighted by Crippen LogP contribution is -2.31. The Morgan fingerprint density at radius 2 is 1.17 bits per heavy atom. The fraction of sp³-hybridized carbons (Fsp3) is 0.857. The Labute approximate surface area is 187 Å². The largest absolute Gasteiger partial charge is 0.370 e. The number of rotatable bonds is 21. The van der Waals surface area contributed by atoms with E-state index in [1.807, 2.05) is 0 Å². The summed E-state index contributed by atoms with van der Waals surface area (Å²) in [6, 6.07) is 0. The van der Waals surface area contributed by atoms with Crippen LogP contribution in [0.25, 0.3) is 0 Å². The Hall–Kier alpha value is -1.48. The molecule has 0 aliphatic heterocycles. The number of primary amides is 1.